The minimum atomic E-state index is -0.0822. The SMILES string of the molecule is C#CC(CC12CC3CC(CC(C3)C1)C2)OC(C#C)CC12CC3CC(CC(C3)C1)C2. The van der Waals surface area contributed by atoms with E-state index in [1.165, 1.54) is 77.0 Å². The van der Waals surface area contributed by atoms with Crippen LogP contribution in [0.1, 0.15) is 89.9 Å². The number of rotatable bonds is 6. The summed E-state index contributed by atoms with van der Waals surface area (Å²) in [6.07, 6.45) is 31.3. The van der Waals surface area contributed by atoms with Gasteiger partial charge in [-0.2, -0.15) is 0 Å². The third-order valence-electron chi connectivity index (χ3n) is 10.3. The first-order chi connectivity index (χ1) is 14.0. The van der Waals surface area contributed by atoms with Gasteiger partial charge in [-0.1, -0.05) is 11.8 Å². The molecule has 1 nitrogen and oxygen atoms in total. The maximum Gasteiger partial charge on any atom is 0.120 e. The lowest BCUT2D eigenvalue weighted by molar-refractivity contribution is -0.102. The van der Waals surface area contributed by atoms with Crippen molar-refractivity contribution in [1.29, 1.82) is 0 Å². The molecule has 0 heterocycles. The van der Waals surface area contributed by atoms with Crippen molar-refractivity contribution in [2.24, 2.45) is 46.3 Å². The van der Waals surface area contributed by atoms with Crippen molar-refractivity contribution in [1.82, 2.24) is 0 Å². The minimum Gasteiger partial charge on any atom is -0.350 e. The van der Waals surface area contributed by atoms with Crippen LogP contribution >= 0.6 is 0 Å². The minimum absolute atomic E-state index is 0.0822. The predicted molar refractivity (Wildman–Crippen MR) is 117 cm³/mol. The summed E-state index contributed by atoms with van der Waals surface area (Å²) < 4.78 is 6.55. The van der Waals surface area contributed by atoms with Crippen LogP contribution in [-0.2, 0) is 4.74 Å². The fraction of sp³-hybridized carbons (Fsp3) is 0.857. The van der Waals surface area contributed by atoms with Crippen LogP contribution < -0.4 is 0 Å². The Labute approximate surface area is 178 Å². The highest BCUT2D eigenvalue weighted by Crippen LogP contribution is 2.63. The maximum atomic E-state index is 6.55. The van der Waals surface area contributed by atoms with Crippen molar-refractivity contribution in [3.63, 3.8) is 0 Å². The molecule has 0 aromatic rings. The van der Waals surface area contributed by atoms with Crippen LogP contribution in [0.2, 0.25) is 0 Å². The zero-order chi connectivity index (χ0) is 19.6. The van der Waals surface area contributed by atoms with Crippen LogP contribution in [0.3, 0.4) is 0 Å². The summed E-state index contributed by atoms with van der Waals surface area (Å²) in [5.41, 5.74) is 0.928. The van der Waals surface area contributed by atoms with Gasteiger partial charge in [0.15, 0.2) is 0 Å². The molecule has 8 aliphatic rings. The van der Waals surface area contributed by atoms with Crippen LogP contribution in [0.5, 0.6) is 0 Å². The molecule has 29 heavy (non-hydrogen) atoms. The number of ether oxygens (including phenoxy) is 1. The Morgan fingerprint density at radius 2 is 0.862 bits per heavy atom. The van der Waals surface area contributed by atoms with Gasteiger partial charge in [0, 0.05) is 0 Å². The van der Waals surface area contributed by atoms with Gasteiger partial charge < -0.3 is 4.74 Å². The van der Waals surface area contributed by atoms with E-state index >= 15 is 0 Å². The lowest BCUT2D eigenvalue weighted by Crippen LogP contribution is -2.48. The average Bonchev–Trinajstić information content (AvgIpc) is 2.64. The van der Waals surface area contributed by atoms with Gasteiger partial charge in [0.25, 0.3) is 0 Å². The third-order valence-corrected chi connectivity index (χ3v) is 10.3. The number of hydrogen-bond acceptors (Lipinski definition) is 1. The topological polar surface area (TPSA) is 9.23 Å². The molecule has 0 amide bonds. The van der Waals surface area contributed by atoms with E-state index in [9.17, 15) is 0 Å². The highest BCUT2D eigenvalue weighted by molar-refractivity contribution is 5.10. The van der Waals surface area contributed by atoms with Gasteiger partial charge in [0.2, 0.25) is 0 Å². The molecule has 156 valence electrons. The zero-order valence-corrected chi connectivity index (χ0v) is 18.1. The Balaban J connectivity index is 1.13. The quantitative estimate of drug-likeness (QED) is 0.489. The zero-order valence-electron chi connectivity index (χ0n) is 18.1. The monoisotopic (exact) mass is 390 g/mol. The molecular formula is C28H38O. The number of terminal acetylenes is 2. The Kier molecular flexibility index (Phi) is 4.41. The van der Waals surface area contributed by atoms with Crippen LogP contribution in [0.4, 0.5) is 0 Å². The Bertz CT molecular complexity index is 600. The van der Waals surface area contributed by atoms with Crippen LogP contribution in [0, 0.1) is 71.0 Å². The van der Waals surface area contributed by atoms with Gasteiger partial charge in [-0.3, -0.25) is 0 Å². The average molecular weight is 391 g/mol. The second-order valence-electron chi connectivity index (χ2n) is 12.7. The van der Waals surface area contributed by atoms with Crippen LogP contribution in [0.15, 0.2) is 0 Å². The molecule has 8 saturated carbocycles. The third kappa shape index (κ3) is 3.37. The summed E-state index contributed by atoms with van der Waals surface area (Å²) in [6, 6.07) is 0. The summed E-state index contributed by atoms with van der Waals surface area (Å²) in [5.74, 6) is 11.9. The summed E-state index contributed by atoms with van der Waals surface area (Å²) in [5, 5.41) is 0. The largest absolute Gasteiger partial charge is 0.350 e. The molecule has 0 aromatic heterocycles. The van der Waals surface area contributed by atoms with Gasteiger partial charge in [0.1, 0.15) is 12.2 Å². The van der Waals surface area contributed by atoms with Crippen molar-refractivity contribution in [3.05, 3.63) is 0 Å². The van der Waals surface area contributed by atoms with Crippen molar-refractivity contribution < 1.29 is 4.74 Å². The molecule has 0 radical (unpaired) electrons. The van der Waals surface area contributed by atoms with E-state index in [-0.39, 0.29) is 12.2 Å². The van der Waals surface area contributed by atoms with E-state index < -0.39 is 0 Å². The second-order valence-corrected chi connectivity index (χ2v) is 12.7. The molecule has 8 bridgehead atoms. The van der Waals surface area contributed by atoms with E-state index in [0.29, 0.717) is 10.8 Å². The van der Waals surface area contributed by atoms with Crippen molar-refractivity contribution in [3.8, 4) is 24.7 Å². The van der Waals surface area contributed by atoms with Gasteiger partial charge in [-0.05, 0) is 136 Å². The van der Waals surface area contributed by atoms with Gasteiger partial charge in [0.05, 0.1) is 0 Å². The molecule has 0 aromatic carbocycles. The van der Waals surface area contributed by atoms with Crippen LogP contribution in [-0.4, -0.2) is 12.2 Å². The first kappa shape index (κ1) is 18.8. The van der Waals surface area contributed by atoms with Crippen molar-refractivity contribution >= 4 is 0 Å². The van der Waals surface area contributed by atoms with E-state index in [0.717, 1.165) is 48.3 Å². The molecule has 0 spiro atoms. The van der Waals surface area contributed by atoms with E-state index in [1.807, 2.05) is 0 Å². The lowest BCUT2D eigenvalue weighted by Gasteiger charge is -2.58. The Morgan fingerprint density at radius 1 is 0.586 bits per heavy atom. The fourth-order valence-corrected chi connectivity index (χ4v) is 10.4. The Hall–Kier alpha value is -0.920. The summed E-state index contributed by atoms with van der Waals surface area (Å²) >= 11 is 0. The van der Waals surface area contributed by atoms with Gasteiger partial charge in [-0.25, -0.2) is 0 Å². The van der Waals surface area contributed by atoms with E-state index in [2.05, 4.69) is 11.8 Å². The predicted octanol–water partition coefficient (Wildman–Crippen LogP) is 6.22. The molecule has 8 fully saturated rings. The lowest BCUT2D eigenvalue weighted by atomic mass is 9.48. The molecule has 0 aliphatic heterocycles. The standard InChI is InChI=1S/C28H38O/c1-3-25(17-27-11-19-5-20(12-27)7-21(6-19)13-27)29-26(4-2)18-28-14-22-8-23(15-28)10-24(9-22)16-28/h1-2,19-26H,5-18H2. The van der Waals surface area contributed by atoms with Gasteiger partial charge in [-0.15, -0.1) is 12.8 Å². The first-order valence-corrected chi connectivity index (χ1v) is 12.6. The maximum absolute atomic E-state index is 6.55. The molecule has 0 saturated heterocycles. The van der Waals surface area contributed by atoms with E-state index in [1.54, 1.807) is 0 Å². The molecule has 2 atom stereocenters. The molecule has 8 aliphatic carbocycles. The van der Waals surface area contributed by atoms with Gasteiger partial charge >= 0.3 is 0 Å². The second kappa shape index (κ2) is 6.79. The van der Waals surface area contributed by atoms with E-state index in [4.69, 9.17) is 17.6 Å². The highest BCUT2D eigenvalue weighted by atomic mass is 16.5. The summed E-state index contributed by atoms with van der Waals surface area (Å²) in [7, 11) is 0. The first-order valence-electron chi connectivity index (χ1n) is 12.6. The number of hydrogen-bond donors (Lipinski definition) is 0. The fourth-order valence-electron chi connectivity index (χ4n) is 10.4. The molecular weight excluding hydrogens is 352 g/mol. The van der Waals surface area contributed by atoms with Crippen molar-refractivity contribution in [2.45, 2.75) is 102 Å². The normalized spacial score (nSPS) is 50.8. The van der Waals surface area contributed by atoms with Crippen molar-refractivity contribution in [2.75, 3.05) is 0 Å². The summed E-state index contributed by atoms with van der Waals surface area (Å²) in [4.78, 5) is 0. The molecule has 0 N–H and O–H groups in total. The molecule has 2 unspecified atom stereocenters. The summed E-state index contributed by atoms with van der Waals surface area (Å²) in [6.45, 7) is 0. The van der Waals surface area contributed by atoms with Crippen LogP contribution in [0.25, 0.3) is 0 Å². The Morgan fingerprint density at radius 3 is 1.10 bits per heavy atom. The molecule has 8 rings (SSSR count). The molecule has 1 heteroatoms. The smallest absolute Gasteiger partial charge is 0.120 e. The highest BCUT2D eigenvalue weighted by Gasteiger charge is 2.53.